The first kappa shape index (κ1) is 10.7. The van der Waals surface area contributed by atoms with Crippen LogP contribution in [0.5, 0.6) is 0 Å². The summed E-state index contributed by atoms with van der Waals surface area (Å²) in [7, 11) is 1.89. The Bertz CT molecular complexity index is 198. The smallest absolute Gasteiger partial charge is 0.128 e. The van der Waals surface area contributed by atoms with Crippen LogP contribution in [0.4, 0.5) is 5.82 Å². The van der Waals surface area contributed by atoms with Crippen molar-refractivity contribution in [3.8, 4) is 0 Å². The quantitative estimate of drug-likeness (QED) is 0.679. The molecule has 0 aromatic carbocycles. The van der Waals surface area contributed by atoms with E-state index in [0.29, 0.717) is 0 Å². The van der Waals surface area contributed by atoms with Gasteiger partial charge in [0.05, 0.1) is 0 Å². The number of hydrogen-bond donors (Lipinski definition) is 1. The Kier molecular flexibility index (Phi) is 5.70. The summed E-state index contributed by atoms with van der Waals surface area (Å²) in [6.07, 6.45) is 2.83. The maximum Gasteiger partial charge on any atom is 0.128 e. The average Bonchev–Trinajstić information content (AvgIpc) is 2.20. The molecule has 0 bridgehead atoms. The van der Waals surface area contributed by atoms with Gasteiger partial charge in [0.1, 0.15) is 5.82 Å². The highest BCUT2D eigenvalue weighted by Crippen LogP contribution is 2.09. The highest BCUT2D eigenvalue weighted by atomic mass is 15.0. The Labute approximate surface area is 74.3 Å². The first-order valence-corrected chi connectivity index (χ1v) is 4.00. The molecule has 1 N–H and O–H groups in total. The molecule has 0 atom stereocenters. The van der Waals surface area contributed by atoms with E-state index in [0.717, 1.165) is 12.2 Å². The minimum Gasteiger partial charge on any atom is -0.373 e. The van der Waals surface area contributed by atoms with Crippen molar-refractivity contribution in [1.82, 2.24) is 4.98 Å². The summed E-state index contributed by atoms with van der Waals surface area (Å²) in [6, 6.07) is 4.04. The monoisotopic (exact) mass is 164 g/mol. The summed E-state index contributed by atoms with van der Waals surface area (Å²) in [4.78, 5) is 4.16. The van der Waals surface area contributed by atoms with Gasteiger partial charge in [0.25, 0.3) is 0 Å². The first-order valence-electron chi connectivity index (χ1n) is 4.00. The molecule has 0 saturated heterocycles. The molecule has 1 aromatic heterocycles. The number of nitrogens with one attached hydrogen (secondary N) is 1. The standard InChI is InChI=1S/C8H12N2.C2H4/c1-3-7-5-4-6-10-8(7)9-2;1-2/h4-6H,3H2,1-2H3,(H,9,10);1-2H2. The van der Waals surface area contributed by atoms with Crippen LogP contribution in [-0.4, -0.2) is 12.0 Å². The number of pyridine rings is 1. The van der Waals surface area contributed by atoms with Gasteiger partial charge in [-0.25, -0.2) is 4.98 Å². The predicted octanol–water partition coefficient (Wildman–Crippen LogP) is 2.49. The lowest BCUT2D eigenvalue weighted by Gasteiger charge is -2.03. The Balaban J connectivity index is 0.000000561. The molecule has 0 aliphatic rings. The van der Waals surface area contributed by atoms with Gasteiger partial charge >= 0.3 is 0 Å². The Morgan fingerprint density at radius 2 is 2.17 bits per heavy atom. The van der Waals surface area contributed by atoms with Crippen LogP contribution in [0, 0.1) is 0 Å². The molecule has 0 spiro atoms. The number of rotatable bonds is 2. The topological polar surface area (TPSA) is 24.9 Å². The van der Waals surface area contributed by atoms with Crippen molar-refractivity contribution in [2.24, 2.45) is 0 Å². The van der Waals surface area contributed by atoms with Crippen LogP contribution < -0.4 is 5.32 Å². The van der Waals surface area contributed by atoms with Gasteiger partial charge in [-0.05, 0) is 18.1 Å². The van der Waals surface area contributed by atoms with Crippen molar-refractivity contribution >= 4 is 5.82 Å². The van der Waals surface area contributed by atoms with Crippen LogP contribution in [-0.2, 0) is 6.42 Å². The van der Waals surface area contributed by atoms with E-state index >= 15 is 0 Å². The van der Waals surface area contributed by atoms with Crippen molar-refractivity contribution in [2.45, 2.75) is 13.3 Å². The lowest BCUT2D eigenvalue weighted by Crippen LogP contribution is -1.96. The van der Waals surface area contributed by atoms with Gasteiger partial charge < -0.3 is 5.32 Å². The Morgan fingerprint density at radius 3 is 2.58 bits per heavy atom. The molecule has 0 saturated carbocycles. The van der Waals surface area contributed by atoms with E-state index in [1.54, 1.807) is 6.20 Å². The molecule has 66 valence electrons. The highest BCUT2D eigenvalue weighted by molar-refractivity contribution is 5.42. The van der Waals surface area contributed by atoms with Crippen molar-refractivity contribution < 1.29 is 0 Å². The molecule has 0 fully saturated rings. The molecular weight excluding hydrogens is 148 g/mol. The van der Waals surface area contributed by atoms with Crippen LogP contribution in [0.3, 0.4) is 0 Å². The normalized spacial score (nSPS) is 8.17. The van der Waals surface area contributed by atoms with E-state index in [1.165, 1.54) is 5.56 Å². The number of nitrogens with zero attached hydrogens (tertiary/aromatic N) is 1. The fourth-order valence-electron chi connectivity index (χ4n) is 0.949. The van der Waals surface area contributed by atoms with Crippen LogP contribution >= 0.6 is 0 Å². The molecule has 1 rings (SSSR count). The van der Waals surface area contributed by atoms with Gasteiger partial charge in [-0.2, -0.15) is 0 Å². The zero-order valence-electron chi connectivity index (χ0n) is 7.80. The second-order valence-electron chi connectivity index (χ2n) is 2.11. The van der Waals surface area contributed by atoms with Crippen molar-refractivity contribution in [3.05, 3.63) is 37.1 Å². The van der Waals surface area contributed by atoms with Crippen LogP contribution in [0.25, 0.3) is 0 Å². The van der Waals surface area contributed by atoms with Crippen molar-refractivity contribution in [3.63, 3.8) is 0 Å². The lowest BCUT2D eigenvalue weighted by atomic mass is 10.2. The minimum absolute atomic E-state index is 0.991. The van der Waals surface area contributed by atoms with Gasteiger partial charge in [0.15, 0.2) is 0 Å². The molecule has 1 aromatic rings. The third-order valence-electron chi connectivity index (χ3n) is 1.51. The third-order valence-corrected chi connectivity index (χ3v) is 1.51. The van der Waals surface area contributed by atoms with E-state index in [-0.39, 0.29) is 0 Å². The maximum absolute atomic E-state index is 4.16. The number of hydrogen-bond acceptors (Lipinski definition) is 2. The van der Waals surface area contributed by atoms with Gasteiger partial charge in [-0.1, -0.05) is 13.0 Å². The zero-order valence-corrected chi connectivity index (χ0v) is 7.80. The van der Waals surface area contributed by atoms with Crippen molar-refractivity contribution in [2.75, 3.05) is 12.4 Å². The lowest BCUT2D eigenvalue weighted by molar-refractivity contribution is 1.10. The summed E-state index contributed by atoms with van der Waals surface area (Å²) in [5, 5.41) is 3.04. The Hall–Kier alpha value is -1.31. The number of anilines is 1. The van der Waals surface area contributed by atoms with Crippen molar-refractivity contribution in [1.29, 1.82) is 0 Å². The summed E-state index contributed by atoms with van der Waals surface area (Å²) in [5.74, 6) is 0.991. The first-order chi connectivity index (χ1) is 5.88. The fourth-order valence-corrected chi connectivity index (χ4v) is 0.949. The van der Waals surface area contributed by atoms with E-state index in [1.807, 2.05) is 13.1 Å². The predicted molar refractivity (Wildman–Crippen MR) is 54.4 cm³/mol. The molecule has 0 radical (unpaired) electrons. The fraction of sp³-hybridized carbons (Fsp3) is 0.300. The van der Waals surface area contributed by atoms with Gasteiger partial charge in [0, 0.05) is 13.2 Å². The second kappa shape index (κ2) is 6.40. The number of aromatic nitrogens is 1. The van der Waals surface area contributed by atoms with Crippen LogP contribution in [0.2, 0.25) is 0 Å². The molecule has 2 nitrogen and oxygen atoms in total. The molecule has 0 aliphatic heterocycles. The summed E-state index contributed by atoms with van der Waals surface area (Å²) in [6.45, 7) is 8.12. The van der Waals surface area contributed by atoms with E-state index < -0.39 is 0 Å². The highest BCUT2D eigenvalue weighted by Gasteiger charge is 1.95. The van der Waals surface area contributed by atoms with E-state index in [9.17, 15) is 0 Å². The van der Waals surface area contributed by atoms with Gasteiger partial charge in [-0.15, -0.1) is 13.2 Å². The summed E-state index contributed by atoms with van der Waals surface area (Å²) >= 11 is 0. The van der Waals surface area contributed by atoms with Gasteiger partial charge in [0.2, 0.25) is 0 Å². The summed E-state index contributed by atoms with van der Waals surface area (Å²) < 4.78 is 0. The molecule has 1 heterocycles. The molecular formula is C10H16N2. The Morgan fingerprint density at radius 1 is 1.50 bits per heavy atom. The molecule has 2 heteroatoms. The van der Waals surface area contributed by atoms with Crippen LogP contribution in [0.15, 0.2) is 31.5 Å². The summed E-state index contributed by atoms with van der Waals surface area (Å²) in [5.41, 5.74) is 1.27. The van der Waals surface area contributed by atoms with E-state index in [4.69, 9.17) is 0 Å². The largest absolute Gasteiger partial charge is 0.373 e. The number of aryl methyl sites for hydroxylation is 1. The zero-order chi connectivity index (χ0) is 9.40. The SMILES string of the molecule is C=C.CCc1cccnc1NC. The second-order valence-corrected chi connectivity index (χ2v) is 2.11. The average molecular weight is 164 g/mol. The third kappa shape index (κ3) is 2.74. The van der Waals surface area contributed by atoms with Gasteiger partial charge in [-0.3, -0.25) is 0 Å². The minimum atomic E-state index is 0.991. The van der Waals surface area contributed by atoms with E-state index in [2.05, 4.69) is 36.4 Å². The van der Waals surface area contributed by atoms with Crippen LogP contribution in [0.1, 0.15) is 12.5 Å². The molecule has 0 aliphatic carbocycles. The molecule has 0 amide bonds. The molecule has 0 unspecified atom stereocenters. The maximum atomic E-state index is 4.16. The molecule has 12 heavy (non-hydrogen) atoms.